The molecule has 0 aliphatic heterocycles. The van der Waals surface area contributed by atoms with E-state index in [2.05, 4.69) is 20.7 Å². The Kier molecular flexibility index (Phi) is 5.11. The van der Waals surface area contributed by atoms with Crippen LogP contribution in [0.15, 0.2) is 55.1 Å². The highest BCUT2D eigenvalue weighted by atomic mass is 19.4. The molecule has 0 unspecified atom stereocenters. The van der Waals surface area contributed by atoms with Gasteiger partial charge in [-0.3, -0.25) is 4.79 Å². The number of nitrogens with one attached hydrogen (secondary N) is 2. The van der Waals surface area contributed by atoms with E-state index in [-0.39, 0.29) is 17.9 Å². The van der Waals surface area contributed by atoms with Crippen molar-refractivity contribution < 1.29 is 18.0 Å². The number of amides is 1. The van der Waals surface area contributed by atoms with Crippen molar-refractivity contribution in [1.82, 2.24) is 14.8 Å². The van der Waals surface area contributed by atoms with E-state index < -0.39 is 17.6 Å². The Morgan fingerprint density at radius 3 is 2.59 bits per heavy atom. The van der Waals surface area contributed by atoms with Crippen molar-refractivity contribution in [2.45, 2.75) is 13.1 Å². The number of hydrogen-bond acceptors (Lipinski definition) is 4. The van der Waals surface area contributed by atoms with Gasteiger partial charge in [-0.1, -0.05) is 18.2 Å². The van der Waals surface area contributed by atoms with Crippen LogP contribution in [-0.2, 0) is 11.0 Å². The van der Waals surface area contributed by atoms with Crippen molar-refractivity contribution in [3.8, 4) is 5.69 Å². The highest BCUT2D eigenvalue weighted by Crippen LogP contribution is 2.33. The normalized spacial score (nSPS) is 11.3. The summed E-state index contributed by atoms with van der Waals surface area (Å²) in [7, 11) is 0. The first-order chi connectivity index (χ1) is 12.8. The summed E-state index contributed by atoms with van der Waals surface area (Å²) in [4.78, 5) is 16.1. The van der Waals surface area contributed by atoms with Gasteiger partial charge in [0.15, 0.2) is 0 Å². The Morgan fingerprint density at radius 2 is 1.93 bits per heavy atom. The van der Waals surface area contributed by atoms with Crippen LogP contribution in [0.1, 0.15) is 11.1 Å². The molecule has 27 heavy (non-hydrogen) atoms. The molecule has 2 N–H and O–H groups in total. The van der Waals surface area contributed by atoms with Crippen LogP contribution in [-0.4, -0.2) is 27.2 Å². The minimum Gasteiger partial charge on any atom is -0.376 e. The van der Waals surface area contributed by atoms with Gasteiger partial charge in [-0.05, 0) is 36.8 Å². The minimum atomic E-state index is -4.53. The van der Waals surface area contributed by atoms with Crippen LogP contribution < -0.4 is 10.6 Å². The lowest BCUT2D eigenvalue weighted by molar-refractivity contribution is -0.137. The quantitative estimate of drug-likeness (QED) is 0.714. The lowest BCUT2D eigenvalue weighted by atomic mass is 10.1. The molecule has 1 amide bonds. The molecule has 0 saturated heterocycles. The largest absolute Gasteiger partial charge is 0.416 e. The third-order valence-corrected chi connectivity index (χ3v) is 3.85. The van der Waals surface area contributed by atoms with E-state index in [4.69, 9.17) is 0 Å². The first-order valence-electron chi connectivity index (χ1n) is 8.00. The number of aryl methyl sites for hydroxylation is 1. The Bertz CT molecular complexity index is 938. The molecule has 2 aromatic carbocycles. The fourth-order valence-corrected chi connectivity index (χ4v) is 2.49. The Labute approximate surface area is 153 Å². The second-order valence-corrected chi connectivity index (χ2v) is 5.79. The number of halogens is 3. The summed E-state index contributed by atoms with van der Waals surface area (Å²) in [5, 5.41) is 9.38. The van der Waals surface area contributed by atoms with E-state index in [1.807, 2.05) is 31.2 Å². The van der Waals surface area contributed by atoms with Gasteiger partial charge < -0.3 is 10.6 Å². The third kappa shape index (κ3) is 4.43. The van der Waals surface area contributed by atoms with E-state index in [0.29, 0.717) is 0 Å². The van der Waals surface area contributed by atoms with Gasteiger partial charge in [0, 0.05) is 5.69 Å². The van der Waals surface area contributed by atoms with Gasteiger partial charge in [0.2, 0.25) is 5.91 Å². The lowest BCUT2D eigenvalue weighted by Crippen LogP contribution is -2.23. The van der Waals surface area contributed by atoms with Crippen molar-refractivity contribution in [3.05, 3.63) is 66.2 Å². The van der Waals surface area contributed by atoms with Crippen LogP contribution in [0.5, 0.6) is 0 Å². The lowest BCUT2D eigenvalue weighted by Gasteiger charge is -2.15. The van der Waals surface area contributed by atoms with Crippen LogP contribution >= 0.6 is 0 Å². The first-order valence-corrected chi connectivity index (χ1v) is 8.00. The van der Waals surface area contributed by atoms with Crippen LogP contribution in [0.2, 0.25) is 0 Å². The number of para-hydroxylation sites is 1. The monoisotopic (exact) mass is 375 g/mol. The summed E-state index contributed by atoms with van der Waals surface area (Å²) in [5.41, 5.74) is 1.13. The first kappa shape index (κ1) is 18.4. The summed E-state index contributed by atoms with van der Waals surface area (Å²) in [5.74, 6) is -0.487. The maximum atomic E-state index is 13.0. The van der Waals surface area contributed by atoms with Gasteiger partial charge in [0.25, 0.3) is 0 Å². The van der Waals surface area contributed by atoms with Crippen LogP contribution in [0.25, 0.3) is 5.69 Å². The molecule has 1 heterocycles. The van der Waals surface area contributed by atoms with Gasteiger partial charge in [0.05, 0.1) is 23.5 Å². The number of hydrogen-bond donors (Lipinski definition) is 2. The van der Waals surface area contributed by atoms with Crippen LogP contribution in [0, 0.1) is 6.92 Å². The molecule has 0 bridgehead atoms. The zero-order valence-electron chi connectivity index (χ0n) is 14.3. The van der Waals surface area contributed by atoms with Crippen LogP contribution in [0.4, 0.5) is 24.5 Å². The van der Waals surface area contributed by atoms with Crippen LogP contribution in [0.3, 0.4) is 0 Å². The topological polar surface area (TPSA) is 71.8 Å². The Hall–Kier alpha value is -3.36. The zero-order chi connectivity index (χ0) is 19.4. The van der Waals surface area contributed by atoms with Gasteiger partial charge in [0.1, 0.15) is 12.7 Å². The Morgan fingerprint density at radius 1 is 1.15 bits per heavy atom. The SMILES string of the molecule is Cc1ccccc1NCC(=O)Nc1cc(C(F)(F)F)ccc1-n1cncn1. The fourth-order valence-electron chi connectivity index (χ4n) is 2.49. The molecule has 0 aliphatic rings. The molecule has 0 atom stereocenters. The predicted octanol–water partition coefficient (Wildman–Crippen LogP) is 3.65. The molecule has 0 aliphatic carbocycles. The van der Waals surface area contributed by atoms with Gasteiger partial charge in [-0.2, -0.15) is 18.3 Å². The van der Waals surface area contributed by atoms with E-state index in [1.54, 1.807) is 0 Å². The zero-order valence-corrected chi connectivity index (χ0v) is 14.3. The van der Waals surface area contributed by atoms with Gasteiger partial charge in [-0.15, -0.1) is 0 Å². The summed E-state index contributed by atoms with van der Waals surface area (Å²) in [6.45, 7) is 1.79. The molecular weight excluding hydrogens is 359 g/mol. The molecule has 3 rings (SSSR count). The van der Waals surface area contributed by atoms with E-state index in [9.17, 15) is 18.0 Å². The number of benzene rings is 2. The van der Waals surface area contributed by atoms with Crippen molar-refractivity contribution in [3.63, 3.8) is 0 Å². The smallest absolute Gasteiger partial charge is 0.376 e. The summed E-state index contributed by atoms with van der Waals surface area (Å²) in [6, 6.07) is 10.4. The van der Waals surface area contributed by atoms with Gasteiger partial charge >= 0.3 is 6.18 Å². The highest BCUT2D eigenvalue weighted by Gasteiger charge is 2.31. The van der Waals surface area contributed by atoms with Crippen molar-refractivity contribution >= 4 is 17.3 Å². The molecule has 0 radical (unpaired) electrons. The van der Waals surface area contributed by atoms with Crippen molar-refractivity contribution in [2.75, 3.05) is 17.2 Å². The number of rotatable bonds is 5. The number of carbonyl (C=O) groups is 1. The van der Waals surface area contributed by atoms with Crippen molar-refractivity contribution in [1.29, 1.82) is 0 Å². The minimum absolute atomic E-state index is 0.00749. The standard InChI is InChI=1S/C18H16F3N5O/c1-12-4-2-3-5-14(12)23-9-17(27)25-15-8-13(18(19,20)21)6-7-16(15)26-11-22-10-24-26/h2-8,10-11,23H,9H2,1H3,(H,25,27). The number of carbonyl (C=O) groups excluding carboxylic acids is 1. The molecule has 0 fully saturated rings. The molecule has 0 spiro atoms. The molecule has 1 aromatic heterocycles. The number of aromatic nitrogens is 3. The summed E-state index contributed by atoms with van der Waals surface area (Å²) < 4.78 is 40.4. The molecule has 9 heteroatoms. The number of anilines is 2. The maximum Gasteiger partial charge on any atom is 0.416 e. The molecule has 0 saturated carbocycles. The van der Waals surface area contributed by atoms with E-state index in [0.717, 1.165) is 23.4 Å². The van der Waals surface area contributed by atoms with Gasteiger partial charge in [-0.25, -0.2) is 9.67 Å². The average Bonchev–Trinajstić information content (AvgIpc) is 3.14. The maximum absolute atomic E-state index is 13.0. The predicted molar refractivity (Wildman–Crippen MR) is 94.7 cm³/mol. The third-order valence-electron chi connectivity index (χ3n) is 3.85. The molecule has 6 nitrogen and oxygen atoms in total. The average molecular weight is 375 g/mol. The fraction of sp³-hybridized carbons (Fsp3) is 0.167. The number of nitrogens with zero attached hydrogens (tertiary/aromatic N) is 3. The Balaban J connectivity index is 1.81. The summed E-state index contributed by atoms with van der Waals surface area (Å²) in [6.07, 6.45) is -1.94. The van der Waals surface area contributed by atoms with E-state index in [1.165, 1.54) is 23.4 Å². The second kappa shape index (κ2) is 7.48. The second-order valence-electron chi connectivity index (χ2n) is 5.79. The number of alkyl halides is 3. The van der Waals surface area contributed by atoms with Crippen molar-refractivity contribution in [2.24, 2.45) is 0 Å². The molecular formula is C18H16F3N5O. The summed E-state index contributed by atoms with van der Waals surface area (Å²) >= 11 is 0. The highest BCUT2D eigenvalue weighted by molar-refractivity contribution is 5.95. The van der Waals surface area contributed by atoms with E-state index >= 15 is 0 Å². The molecule has 3 aromatic rings. The molecule has 140 valence electrons.